The fraction of sp³-hybridized carbons (Fsp3) is 0. The zero-order chi connectivity index (χ0) is 14.7. The van der Waals surface area contributed by atoms with Crippen LogP contribution in [0.15, 0.2) is 54.0 Å². The number of carbonyl (C=O) groups is 2. The van der Waals surface area contributed by atoms with E-state index in [1.165, 1.54) is 11.3 Å². The van der Waals surface area contributed by atoms with Gasteiger partial charge in [-0.2, -0.15) is 0 Å². The minimum absolute atomic E-state index is 0.421. The number of aromatic nitrogens is 1. The fourth-order valence-electron chi connectivity index (χ4n) is 1.93. The number of fused-ring (bicyclic) bond motifs is 1. The third-order valence-corrected chi connectivity index (χ3v) is 3.72. The number of para-hydroxylation sites is 1. The lowest BCUT2D eigenvalue weighted by Crippen LogP contribution is -2.33. The van der Waals surface area contributed by atoms with Gasteiger partial charge in [0.25, 0.3) is 5.91 Å². The molecule has 2 heterocycles. The molecule has 2 N–H and O–H groups in total. The largest absolute Gasteiger partial charge is 0.326 e. The second-order valence-electron chi connectivity index (χ2n) is 4.27. The normalized spacial score (nSPS) is 10.3. The maximum Gasteiger partial charge on any atom is 0.326 e. The molecule has 0 spiro atoms. The molecule has 6 heteroatoms. The first-order valence-corrected chi connectivity index (χ1v) is 7.11. The van der Waals surface area contributed by atoms with Crippen LogP contribution in [0.2, 0.25) is 0 Å². The van der Waals surface area contributed by atoms with Gasteiger partial charge in [-0.05, 0) is 23.6 Å². The summed E-state index contributed by atoms with van der Waals surface area (Å²) >= 11 is 1.28. The number of nitrogens with one attached hydrogen (secondary N) is 2. The molecule has 0 radical (unpaired) electrons. The second kappa shape index (κ2) is 5.72. The average Bonchev–Trinajstić information content (AvgIpc) is 3.02. The molecule has 0 fully saturated rings. The average molecular weight is 297 g/mol. The van der Waals surface area contributed by atoms with Crippen LogP contribution in [0.4, 0.5) is 10.5 Å². The van der Waals surface area contributed by atoms with Crippen LogP contribution in [0.5, 0.6) is 0 Å². The summed E-state index contributed by atoms with van der Waals surface area (Å²) in [6, 6.07) is 12.0. The van der Waals surface area contributed by atoms with Crippen LogP contribution in [0.3, 0.4) is 0 Å². The number of thiophene rings is 1. The predicted molar refractivity (Wildman–Crippen MR) is 82.5 cm³/mol. The van der Waals surface area contributed by atoms with Gasteiger partial charge in [0.05, 0.1) is 16.1 Å². The van der Waals surface area contributed by atoms with E-state index in [1.807, 2.05) is 24.3 Å². The monoisotopic (exact) mass is 297 g/mol. The molecular weight excluding hydrogens is 286 g/mol. The van der Waals surface area contributed by atoms with Crippen molar-refractivity contribution in [1.29, 1.82) is 0 Å². The Labute approximate surface area is 124 Å². The maximum atomic E-state index is 11.9. The van der Waals surface area contributed by atoms with Crippen molar-refractivity contribution in [2.45, 2.75) is 0 Å². The third-order valence-electron chi connectivity index (χ3n) is 2.85. The molecule has 0 bridgehead atoms. The van der Waals surface area contributed by atoms with Crippen molar-refractivity contribution < 1.29 is 9.59 Å². The number of amides is 3. The SMILES string of the molecule is O=C(NC(=O)c1cccs1)Nc1cccc2cccnc12. The highest BCUT2D eigenvalue weighted by molar-refractivity contribution is 7.12. The van der Waals surface area contributed by atoms with Crippen molar-refractivity contribution in [3.8, 4) is 0 Å². The van der Waals surface area contributed by atoms with Crippen molar-refractivity contribution in [3.05, 3.63) is 58.9 Å². The fourth-order valence-corrected chi connectivity index (χ4v) is 2.55. The Kier molecular flexibility index (Phi) is 3.61. The Hall–Kier alpha value is -2.73. The Morgan fingerprint density at radius 3 is 2.71 bits per heavy atom. The number of pyridine rings is 1. The molecule has 3 rings (SSSR count). The van der Waals surface area contributed by atoms with Gasteiger partial charge in [0.2, 0.25) is 0 Å². The summed E-state index contributed by atoms with van der Waals surface area (Å²) < 4.78 is 0. The summed E-state index contributed by atoms with van der Waals surface area (Å²) in [4.78, 5) is 28.4. The van der Waals surface area contributed by atoms with E-state index in [-0.39, 0.29) is 0 Å². The lowest BCUT2D eigenvalue weighted by molar-refractivity contribution is 0.0971. The number of urea groups is 1. The van der Waals surface area contributed by atoms with Gasteiger partial charge in [0.1, 0.15) is 0 Å². The smallest absolute Gasteiger partial charge is 0.306 e. The quantitative estimate of drug-likeness (QED) is 0.762. The van der Waals surface area contributed by atoms with Crippen LogP contribution in [0.1, 0.15) is 9.67 Å². The number of carbonyl (C=O) groups excluding carboxylic acids is 2. The minimum atomic E-state index is -0.577. The molecule has 0 aliphatic carbocycles. The highest BCUT2D eigenvalue weighted by atomic mass is 32.1. The molecule has 0 saturated heterocycles. The first-order valence-electron chi connectivity index (χ1n) is 6.23. The second-order valence-corrected chi connectivity index (χ2v) is 5.21. The highest BCUT2D eigenvalue weighted by Crippen LogP contribution is 2.20. The molecule has 1 aromatic carbocycles. The van der Waals surface area contributed by atoms with Gasteiger partial charge in [-0.1, -0.05) is 24.3 Å². The van der Waals surface area contributed by atoms with E-state index in [9.17, 15) is 9.59 Å². The summed E-state index contributed by atoms with van der Waals surface area (Å²) in [6.07, 6.45) is 1.65. The lowest BCUT2D eigenvalue weighted by atomic mass is 10.2. The number of benzene rings is 1. The summed E-state index contributed by atoms with van der Waals surface area (Å²) in [5, 5.41) is 7.63. The summed E-state index contributed by atoms with van der Waals surface area (Å²) in [5.41, 5.74) is 1.24. The number of hydrogen-bond donors (Lipinski definition) is 2. The third kappa shape index (κ3) is 2.90. The van der Waals surface area contributed by atoms with Crippen LogP contribution >= 0.6 is 11.3 Å². The molecule has 2 aromatic heterocycles. The van der Waals surface area contributed by atoms with Crippen molar-refractivity contribution in [2.75, 3.05) is 5.32 Å². The van der Waals surface area contributed by atoms with E-state index in [4.69, 9.17) is 0 Å². The molecule has 21 heavy (non-hydrogen) atoms. The van der Waals surface area contributed by atoms with Gasteiger partial charge in [-0.15, -0.1) is 11.3 Å². The highest BCUT2D eigenvalue weighted by Gasteiger charge is 2.12. The molecule has 3 aromatic rings. The van der Waals surface area contributed by atoms with E-state index >= 15 is 0 Å². The number of nitrogens with zero attached hydrogens (tertiary/aromatic N) is 1. The van der Waals surface area contributed by atoms with E-state index in [0.717, 1.165) is 5.39 Å². The van der Waals surface area contributed by atoms with Gasteiger partial charge in [0, 0.05) is 11.6 Å². The van der Waals surface area contributed by atoms with Crippen molar-refractivity contribution in [2.24, 2.45) is 0 Å². The van der Waals surface area contributed by atoms with E-state index < -0.39 is 11.9 Å². The zero-order valence-corrected chi connectivity index (χ0v) is 11.7. The number of imide groups is 1. The van der Waals surface area contributed by atoms with Crippen LogP contribution in [-0.2, 0) is 0 Å². The summed E-state index contributed by atoms with van der Waals surface area (Å²) in [6.45, 7) is 0. The molecule has 0 atom stereocenters. The molecule has 5 nitrogen and oxygen atoms in total. The molecule has 0 unspecified atom stereocenters. The van der Waals surface area contributed by atoms with Gasteiger partial charge in [-0.25, -0.2) is 4.79 Å². The van der Waals surface area contributed by atoms with Gasteiger partial charge < -0.3 is 5.32 Å². The molecule has 3 amide bonds. The maximum absolute atomic E-state index is 11.9. The molecule has 0 saturated carbocycles. The number of rotatable bonds is 2. The first-order chi connectivity index (χ1) is 10.2. The molecule has 0 aliphatic heterocycles. The van der Waals surface area contributed by atoms with Crippen molar-refractivity contribution >= 4 is 39.9 Å². The Morgan fingerprint density at radius 2 is 1.90 bits per heavy atom. The first kappa shape index (κ1) is 13.3. The molecule has 0 aliphatic rings. The van der Waals surface area contributed by atoms with Crippen molar-refractivity contribution in [1.82, 2.24) is 10.3 Å². The van der Waals surface area contributed by atoms with E-state index in [2.05, 4.69) is 15.6 Å². The van der Waals surface area contributed by atoms with Crippen LogP contribution in [0.25, 0.3) is 10.9 Å². The number of hydrogen-bond acceptors (Lipinski definition) is 4. The summed E-state index contributed by atoms with van der Waals surface area (Å²) in [7, 11) is 0. The minimum Gasteiger partial charge on any atom is -0.306 e. The van der Waals surface area contributed by atoms with E-state index in [1.54, 1.807) is 29.8 Å². The summed E-state index contributed by atoms with van der Waals surface area (Å²) in [5.74, 6) is -0.421. The van der Waals surface area contributed by atoms with Crippen LogP contribution in [0, 0.1) is 0 Å². The Bertz CT molecular complexity index is 794. The molecule has 104 valence electrons. The van der Waals surface area contributed by atoms with Gasteiger partial charge >= 0.3 is 6.03 Å². The molecular formula is C15H11N3O2S. The Balaban J connectivity index is 1.76. The predicted octanol–water partition coefficient (Wildman–Crippen LogP) is 3.26. The lowest BCUT2D eigenvalue weighted by Gasteiger charge is -2.08. The van der Waals surface area contributed by atoms with Gasteiger partial charge in [-0.3, -0.25) is 15.1 Å². The zero-order valence-electron chi connectivity index (χ0n) is 10.9. The van der Waals surface area contributed by atoms with E-state index in [0.29, 0.717) is 16.1 Å². The van der Waals surface area contributed by atoms with Gasteiger partial charge in [0.15, 0.2) is 0 Å². The standard InChI is InChI=1S/C15H11N3O2S/c19-14(12-7-3-9-21-12)18-15(20)17-11-6-1-4-10-5-2-8-16-13(10)11/h1-9H,(H2,17,18,19,20). The number of anilines is 1. The van der Waals surface area contributed by atoms with Crippen molar-refractivity contribution in [3.63, 3.8) is 0 Å². The Morgan fingerprint density at radius 1 is 1.05 bits per heavy atom. The topological polar surface area (TPSA) is 71.1 Å². The van der Waals surface area contributed by atoms with Crippen LogP contribution < -0.4 is 10.6 Å². The van der Waals surface area contributed by atoms with Crippen LogP contribution in [-0.4, -0.2) is 16.9 Å².